The number of aromatic nitrogens is 2. The van der Waals surface area contributed by atoms with Gasteiger partial charge in [0.05, 0.1) is 0 Å². The van der Waals surface area contributed by atoms with E-state index in [9.17, 15) is 0 Å². The number of hydrogen-bond acceptors (Lipinski definition) is 3. The Hall–Kier alpha value is -0.830. The number of halogens is 1. The molecule has 0 saturated carbocycles. The molecule has 1 aliphatic heterocycles. The zero-order valence-corrected chi connectivity index (χ0v) is 11.5. The van der Waals surface area contributed by atoms with Gasteiger partial charge >= 0.3 is 0 Å². The Labute approximate surface area is 108 Å². The average molecular weight is 254 g/mol. The van der Waals surface area contributed by atoms with Crippen molar-refractivity contribution in [2.45, 2.75) is 44.9 Å². The summed E-state index contributed by atoms with van der Waals surface area (Å²) >= 11 is 6.11. The van der Waals surface area contributed by atoms with Crippen LogP contribution in [0.2, 0.25) is 0 Å². The first-order valence-electron chi connectivity index (χ1n) is 6.31. The topological polar surface area (TPSA) is 29.0 Å². The molecule has 17 heavy (non-hydrogen) atoms. The molecule has 0 amide bonds. The highest BCUT2D eigenvalue weighted by molar-refractivity contribution is 6.20. The predicted molar refractivity (Wildman–Crippen MR) is 71.9 cm³/mol. The van der Waals surface area contributed by atoms with Crippen molar-refractivity contribution in [3.63, 3.8) is 0 Å². The lowest BCUT2D eigenvalue weighted by Gasteiger charge is -2.29. The lowest BCUT2D eigenvalue weighted by molar-refractivity contribution is 0.572. The molecular weight excluding hydrogens is 234 g/mol. The van der Waals surface area contributed by atoms with Gasteiger partial charge in [-0.2, -0.15) is 0 Å². The van der Waals surface area contributed by atoms with Gasteiger partial charge in [0.15, 0.2) is 0 Å². The molecule has 1 aromatic rings. The minimum absolute atomic E-state index is 0.320. The molecule has 0 aliphatic carbocycles. The largest absolute Gasteiger partial charge is 0.341 e. The van der Waals surface area contributed by atoms with E-state index in [0.717, 1.165) is 43.3 Å². The number of hydrogen-bond donors (Lipinski definition) is 0. The fraction of sp³-hybridized carbons (Fsp3) is 0.692. The molecular formula is C13H20ClN3. The van der Waals surface area contributed by atoms with Crippen molar-refractivity contribution in [3.05, 3.63) is 17.5 Å². The second kappa shape index (κ2) is 5.21. The molecule has 1 aromatic heterocycles. The molecule has 4 heteroatoms. The third-order valence-electron chi connectivity index (χ3n) is 3.16. The minimum Gasteiger partial charge on any atom is -0.341 e. The van der Waals surface area contributed by atoms with E-state index >= 15 is 0 Å². The molecule has 0 N–H and O–H groups in total. The van der Waals surface area contributed by atoms with Gasteiger partial charge in [-0.05, 0) is 31.7 Å². The first-order valence-corrected chi connectivity index (χ1v) is 6.74. The molecule has 1 aliphatic rings. The van der Waals surface area contributed by atoms with Crippen molar-refractivity contribution in [1.29, 1.82) is 0 Å². The fourth-order valence-corrected chi connectivity index (χ4v) is 2.26. The van der Waals surface area contributed by atoms with Crippen molar-refractivity contribution in [2.24, 2.45) is 0 Å². The Kier molecular flexibility index (Phi) is 3.87. The maximum absolute atomic E-state index is 6.11. The van der Waals surface area contributed by atoms with Crippen molar-refractivity contribution < 1.29 is 0 Å². The number of alkyl halides is 1. The van der Waals surface area contributed by atoms with Gasteiger partial charge in [0.25, 0.3) is 0 Å². The summed E-state index contributed by atoms with van der Waals surface area (Å²) in [7, 11) is 0. The van der Waals surface area contributed by atoms with E-state index in [1.54, 1.807) is 0 Å². The van der Waals surface area contributed by atoms with Gasteiger partial charge in [-0.3, -0.25) is 0 Å². The van der Waals surface area contributed by atoms with Gasteiger partial charge in [-0.25, -0.2) is 9.97 Å². The van der Waals surface area contributed by atoms with Crippen LogP contribution in [0.1, 0.15) is 44.0 Å². The number of aryl methyl sites for hydroxylation is 1. The Morgan fingerprint density at radius 3 is 2.53 bits per heavy atom. The van der Waals surface area contributed by atoms with Crippen molar-refractivity contribution in [3.8, 4) is 0 Å². The molecule has 3 nitrogen and oxygen atoms in total. The molecule has 94 valence electrons. The minimum atomic E-state index is 0.320. The highest BCUT2D eigenvalue weighted by Crippen LogP contribution is 2.22. The van der Waals surface area contributed by atoms with Crippen LogP contribution in [0.15, 0.2) is 6.07 Å². The summed E-state index contributed by atoms with van der Waals surface area (Å²) in [5.41, 5.74) is 2.17. The van der Waals surface area contributed by atoms with Crippen LogP contribution in [0.4, 0.5) is 5.95 Å². The Morgan fingerprint density at radius 1 is 1.29 bits per heavy atom. The highest BCUT2D eigenvalue weighted by Gasteiger charge is 2.20. The number of anilines is 1. The third-order valence-corrected chi connectivity index (χ3v) is 3.60. The quantitative estimate of drug-likeness (QED) is 0.759. The molecule has 0 bridgehead atoms. The summed E-state index contributed by atoms with van der Waals surface area (Å²) in [4.78, 5) is 11.4. The fourth-order valence-electron chi connectivity index (χ4n) is 2.06. The highest BCUT2D eigenvalue weighted by atomic mass is 35.5. The molecule has 0 radical (unpaired) electrons. The van der Waals surface area contributed by atoms with E-state index < -0.39 is 0 Å². The van der Waals surface area contributed by atoms with Crippen molar-refractivity contribution in [2.75, 3.05) is 18.0 Å². The molecule has 2 heterocycles. The second-order valence-corrected chi connectivity index (χ2v) is 5.67. The summed E-state index contributed by atoms with van der Waals surface area (Å²) in [6, 6.07) is 2.07. The van der Waals surface area contributed by atoms with Crippen molar-refractivity contribution >= 4 is 17.5 Å². The summed E-state index contributed by atoms with van der Waals surface area (Å²) in [5.74, 6) is 1.32. The Bertz CT molecular complexity index is 384. The Morgan fingerprint density at radius 2 is 1.94 bits per heavy atom. The summed E-state index contributed by atoms with van der Waals surface area (Å²) in [6.45, 7) is 8.29. The molecule has 2 rings (SSSR count). The van der Waals surface area contributed by atoms with Gasteiger partial charge in [0, 0.05) is 29.9 Å². The smallest absolute Gasteiger partial charge is 0.225 e. The van der Waals surface area contributed by atoms with Crippen LogP contribution in [0.5, 0.6) is 0 Å². The first kappa shape index (κ1) is 12.6. The van der Waals surface area contributed by atoms with E-state index in [1.165, 1.54) is 0 Å². The predicted octanol–water partition coefficient (Wildman–Crippen LogP) is 3.12. The monoisotopic (exact) mass is 253 g/mol. The van der Waals surface area contributed by atoms with Gasteiger partial charge in [-0.1, -0.05) is 13.8 Å². The lowest BCUT2D eigenvalue weighted by Crippen LogP contribution is -2.35. The van der Waals surface area contributed by atoms with Crippen LogP contribution >= 0.6 is 11.6 Å². The Balaban J connectivity index is 2.20. The third kappa shape index (κ3) is 3.09. The maximum Gasteiger partial charge on any atom is 0.225 e. The van der Waals surface area contributed by atoms with E-state index in [-0.39, 0.29) is 0 Å². The molecule has 0 unspecified atom stereocenters. The van der Waals surface area contributed by atoms with Gasteiger partial charge in [0.2, 0.25) is 5.95 Å². The first-order chi connectivity index (χ1) is 8.06. The van der Waals surface area contributed by atoms with Gasteiger partial charge in [0.1, 0.15) is 0 Å². The molecule has 0 spiro atoms. The van der Waals surface area contributed by atoms with E-state index in [1.807, 2.05) is 6.92 Å². The molecule has 0 aromatic carbocycles. The van der Waals surface area contributed by atoms with Crippen LogP contribution in [0.25, 0.3) is 0 Å². The lowest BCUT2D eigenvalue weighted by atomic mass is 10.1. The second-order valence-electron chi connectivity index (χ2n) is 5.05. The molecule has 0 atom stereocenters. The number of piperidine rings is 1. The van der Waals surface area contributed by atoms with Crippen LogP contribution in [0.3, 0.4) is 0 Å². The van der Waals surface area contributed by atoms with E-state index in [0.29, 0.717) is 11.3 Å². The standard InChI is InChI=1S/C13H20ClN3/c1-9(2)12-8-10(3)15-13(16-12)17-6-4-11(14)5-7-17/h8-9,11H,4-7H2,1-3H3. The molecule has 1 fully saturated rings. The van der Waals surface area contributed by atoms with E-state index in [4.69, 9.17) is 11.6 Å². The maximum atomic E-state index is 6.11. The summed E-state index contributed by atoms with van der Waals surface area (Å²) in [6.07, 6.45) is 2.05. The van der Waals surface area contributed by atoms with Crippen LogP contribution in [0, 0.1) is 6.92 Å². The normalized spacial score (nSPS) is 17.8. The van der Waals surface area contributed by atoms with Gasteiger partial charge in [-0.15, -0.1) is 11.6 Å². The summed E-state index contributed by atoms with van der Waals surface area (Å²) < 4.78 is 0. The SMILES string of the molecule is Cc1cc(C(C)C)nc(N2CCC(Cl)CC2)n1. The number of nitrogens with zero attached hydrogens (tertiary/aromatic N) is 3. The van der Waals surface area contributed by atoms with Crippen LogP contribution in [-0.4, -0.2) is 28.4 Å². The van der Waals surface area contributed by atoms with Crippen molar-refractivity contribution in [1.82, 2.24) is 9.97 Å². The van der Waals surface area contributed by atoms with Crippen LogP contribution < -0.4 is 4.90 Å². The average Bonchev–Trinajstić information content (AvgIpc) is 2.29. The van der Waals surface area contributed by atoms with Crippen LogP contribution in [-0.2, 0) is 0 Å². The zero-order chi connectivity index (χ0) is 12.4. The molecule has 1 saturated heterocycles. The number of rotatable bonds is 2. The summed E-state index contributed by atoms with van der Waals surface area (Å²) in [5, 5.41) is 0.320. The van der Waals surface area contributed by atoms with Gasteiger partial charge < -0.3 is 4.90 Å². The zero-order valence-electron chi connectivity index (χ0n) is 10.8. The van der Waals surface area contributed by atoms with E-state index in [2.05, 4.69) is 34.8 Å².